The number of aromatic nitrogens is 4. The van der Waals surface area contributed by atoms with Gasteiger partial charge in [0.15, 0.2) is 0 Å². The average Bonchev–Trinajstić information content (AvgIpc) is 3.93. The molecule has 8 nitrogen and oxygen atoms in total. The molecule has 0 atom stereocenters. The Hall–Kier alpha value is -6.28. The van der Waals surface area contributed by atoms with Gasteiger partial charge in [0, 0.05) is 45.6 Å². The van der Waals surface area contributed by atoms with Crippen LogP contribution in [0.15, 0.2) is 140 Å². The van der Waals surface area contributed by atoms with Crippen molar-refractivity contribution in [3.05, 3.63) is 143 Å². The molecule has 0 spiro atoms. The van der Waals surface area contributed by atoms with Gasteiger partial charge in [0.25, 0.3) is 0 Å². The van der Waals surface area contributed by atoms with Crippen LogP contribution < -0.4 is 0 Å². The molecule has 5 aliphatic heterocycles. The first-order valence-electron chi connectivity index (χ1n) is 16.3. The predicted molar refractivity (Wildman–Crippen MR) is 198 cm³/mol. The van der Waals surface area contributed by atoms with E-state index in [1.807, 2.05) is 0 Å². The van der Waals surface area contributed by atoms with E-state index in [1.54, 1.807) is 0 Å². The lowest BCUT2D eigenvalue weighted by Crippen LogP contribution is -1.97. The van der Waals surface area contributed by atoms with E-state index in [0.29, 0.717) is 0 Å². The van der Waals surface area contributed by atoms with Gasteiger partial charge in [-0.3, -0.25) is 20.0 Å². The molecule has 0 unspecified atom stereocenters. The van der Waals surface area contributed by atoms with Crippen molar-refractivity contribution in [2.24, 2.45) is 20.0 Å². The van der Waals surface area contributed by atoms with Crippen LogP contribution in [0.5, 0.6) is 0 Å². The molecule has 8 heteroatoms. The van der Waals surface area contributed by atoms with Gasteiger partial charge < -0.3 is 19.9 Å². The minimum Gasteiger partial charge on any atom is -0.354 e. The van der Waals surface area contributed by atoms with Crippen LogP contribution >= 0.6 is 0 Å². The first kappa shape index (κ1) is 28.0. The van der Waals surface area contributed by atoms with E-state index in [2.05, 4.69) is 141 Å². The Kier molecular flexibility index (Phi) is 6.89. The summed E-state index contributed by atoms with van der Waals surface area (Å²) in [5.41, 5.74) is 16.1. The Morgan fingerprint density at radius 1 is 0.312 bits per heavy atom. The first-order chi connectivity index (χ1) is 23.6. The van der Waals surface area contributed by atoms with Crippen LogP contribution in [0.1, 0.15) is 48.5 Å². The van der Waals surface area contributed by atoms with Crippen molar-refractivity contribution in [3.63, 3.8) is 0 Å². The van der Waals surface area contributed by atoms with Crippen molar-refractivity contribution in [2.45, 2.75) is 25.7 Å². The van der Waals surface area contributed by atoms with Gasteiger partial charge in [0.1, 0.15) is 0 Å². The van der Waals surface area contributed by atoms with E-state index in [1.165, 1.54) is 0 Å². The number of allylic oxidation sites excluding steroid dienone is 8. The molecule has 9 rings (SSSR count). The van der Waals surface area contributed by atoms with E-state index in [9.17, 15) is 0 Å². The van der Waals surface area contributed by atoms with E-state index in [0.717, 1.165) is 117 Å². The number of rotatable bonds is 0. The number of H-pyrrole nitrogens is 4. The van der Waals surface area contributed by atoms with Crippen LogP contribution in [-0.4, -0.2) is 42.8 Å². The summed E-state index contributed by atoms with van der Waals surface area (Å²) in [7, 11) is 0. The molecule has 0 aromatic carbocycles. The Morgan fingerprint density at radius 2 is 0.562 bits per heavy atom. The fourth-order valence-corrected chi connectivity index (χ4v) is 6.33. The van der Waals surface area contributed by atoms with Crippen LogP contribution in [0.4, 0.5) is 0 Å². The zero-order chi connectivity index (χ0) is 31.9. The Bertz CT molecular complexity index is 2000. The van der Waals surface area contributed by atoms with E-state index in [-0.39, 0.29) is 0 Å². The Balaban J connectivity index is 0.992. The van der Waals surface area contributed by atoms with Crippen molar-refractivity contribution in [3.8, 4) is 22.8 Å². The van der Waals surface area contributed by atoms with Crippen molar-refractivity contribution < 1.29 is 0 Å². The second-order valence-electron chi connectivity index (χ2n) is 12.3. The summed E-state index contributed by atoms with van der Waals surface area (Å²) < 4.78 is 0. The maximum Gasteiger partial charge on any atom is 0.0654 e. The fourth-order valence-electron chi connectivity index (χ4n) is 6.33. The highest BCUT2D eigenvalue weighted by Crippen LogP contribution is 2.26. The van der Waals surface area contributed by atoms with Gasteiger partial charge in [0.05, 0.1) is 45.6 Å². The van der Waals surface area contributed by atoms with Crippen molar-refractivity contribution in [1.82, 2.24) is 19.9 Å². The molecule has 16 bridgehead atoms. The highest BCUT2D eigenvalue weighted by Gasteiger charge is 2.13. The third kappa shape index (κ3) is 5.99. The molecule has 48 heavy (non-hydrogen) atoms. The molecular weight excluding hydrogens is 592 g/mol. The number of fused-ring (bicyclic) bond motifs is 14. The van der Waals surface area contributed by atoms with Gasteiger partial charge >= 0.3 is 0 Å². The summed E-state index contributed by atoms with van der Waals surface area (Å²) in [6.45, 7) is 0. The molecular formula is C40H32N8. The third-order valence-corrected chi connectivity index (χ3v) is 8.78. The topological polar surface area (TPSA) is 113 Å². The minimum absolute atomic E-state index is 0.835. The lowest BCUT2D eigenvalue weighted by molar-refractivity contribution is 1.15. The van der Waals surface area contributed by atoms with Gasteiger partial charge in [-0.2, -0.15) is 0 Å². The van der Waals surface area contributed by atoms with Crippen LogP contribution in [0.2, 0.25) is 0 Å². The second kappa shape index (κ2) is 11.8. The summed E-state index contributed by atoms with van der Waals surface area (Å²) in [4.78, 5) is 33.5. The molecule has 0 aliphatic carbocycles. The zero-order valence-corrected chi connectivity index (χ0v) is 26.2. The number of nitrogens with one attached hydrogen (secondary N) is 4. The van der Waals surface area contributed by atoms with Gasteiger partial charge in [-0.25, -0.2) is 0 Å². The van der Waals surface area contributed by atoms with Gasteiger partial charge in [-0.1, -0.05) is 0 Å². The molecule has 0 saturated heterocycles. The smallest absolute Gasteiger partial charge is 0.0654 e. The summed E-state index contributed by atoms with van der Waals surface area (Å²) in [5.74, 6) is 0. The lowest BCUT2D eigenvalue weighted by atomic mass is 10.1. The molecule has 4 aromatic rings. The van der Waals surface area contributed by atoms with Crippen LogP contribution in [-0.2, 0) is 0 Å². The van der Waals surface area contributed by atoms with Crippen LogP contribution in [0.3, 0.4) is 0 Å². The Morgan fingerprint density at radius 3 is 0.812 bits per heavy atom. The summed E-state index contributed by atoms with van der Waals surface area (Å²) in [6.07, 6.45) is 28.4. The zero-order valence-electron chi connectivity index (χ0n) is 26.2. The summed E-state index contributed by atoms with van der Waals surface area (Å²) in [6, 6.07) is 16.7. The average molecular weight is 625 g/mol. The molecule has 0 amide bonds. The number of hydrogen-bond acceptors (Lipinski definition) is 4. The van der Waals surface area contributed by atoms with Crippen LogP contribution in [0.25, 0.3) is 47.1 Å². The molecule has 0 saturated carbocycles. The van der Waals surface area contributed by atoms with Gasteiger partial charge in [0.2, 0.25) is 0 Å². The van der Waals surface area contributed by atoms with E-state index < -0.39 is 0 Å². The number of aromatic amines is 4. The van der Waals surface area contributed by atoms with Crippen molar-refractivity contribution in [1.29, 1.82) is 0 Å². The van der Waals surface area contributed by atoms with Gasteiger partial charge in [-0.15, -0.1) is 0 Å². The first-order valence-corrected chi connectivity index (χ1v) is 16.3. The van der Waals surface area contributed by atoms with Crippen molar-refractivity contribution >= 4 is 47.2 Å². The lowest BCUT2D eigenvalue weighted by Gasteiger charge is -1.98. The molecule has 4 aromatic heterocycles. The molecule has 9 heterocycles. The molecule has 5 aliphatic rings. The number of aliphatic imine (C=N–C) groups is 4. The molecule has 0 fully saturated rings. The van der Waals surface area contributed by atoms with Crippen molar-refractivity contribution in [2.75, 3.05) is 0 Å². The molecule has 4 N–H and O–H groups in total. The van der Waals surface area contributed by atoms with E-state index in [4.69, 9.17) is 20.0 Å². The number of nitrogens with zero attached hydrogens (tertiary/aromatic N) is 4. The summed E-state index contributed by atoms with van der Waals surface area (Å²) >= 11 is 0. The minimum atomic E-state index is 0.835. The monoisotopic (exact) mass is 624 g/mol. The Labute approximate surface area is 277 Å². The maximum atomic E-state index is 4.85. The SMILES string of the molecule is C1=C/C2=C/c3ccc([nH]3)-c3ccc([nH]3)/C=C3/C=CC(=N3)CCC3=N/C(=C/c4ccc([nH]4)-c4ccc([nH]4)/C=C4/C=CC(=N4)CCC1=N2)C=C3. The quantitative estimate of drug-likeness (QED) is 0.150. The maximum absolute atomic E-state index is 4.85. The predicted octanol–water partition coefficient (Wildman–Crippen LogP) is 9.01. The normalized spacial score (nSPS) is 22.7. The molecule has 0 radical (unpaired) electrons. The number of hydrogen-bond donors (Lipinski definition) is 4. The molecule has 232 valence electrons. The fraction of sp³-hybridized carbons (Fsp3) is 0.100. The second-order valence-corrected chi connectivity index (χ2v) is 12.3. The largest absolute Gasteiger partial charge is 0.354 e. The van der Waals surface area contributed by atoms with E-state index >= 15 is 0 Å². The standard InChI is InChI=1S/C40H32N8/c1-2-26-6-10-30(42-26)22-34-14-18-39(46-34)40-20-16-36(48-40)24-32-12-8-28(44-32)4-3-27-7-11-31(43-27)23-35-15-19-38(47-35)37-17-13-33(45-37)21-29-9-5-25(1)41-29/h5-24,45-48H,1-4H2/b29-21-,30-22-,31-23-,32-24+. The van der Waals surface area contributed by atoms with Crippen LogP contribution in [0, 0.1) is 0 Å². The third-order valence-electron chi connectivity index (χ3n) is 8.78. The highest BCUT2D eigenvalue weighted by atomic mass is 14.8. The van der Waals surface area contributed by atoms with Gasteiger partial charge in [-0.05, 0) is 147 Å². The highest BCUT2D eigenvalue weighted by molar-refractivity contribution is 6.06. The summed E-state index contributed by atoms with van der Waals surface area (Å²) in [5, 5.41) is 0.